The molecule has 32 heavy (non-hydrogen) atoms. The lowest BCUT2D eigenvalue weighted by atomic mass is 9.98. The third kappa shape index (κ3) is 7.69. The van der Waals surface area contributed by atoms with Crippen LogP contribution in [0.3, 0.4) is 0 Å². The Morgan fingerprint density at radius 3 is 1.88 bits per heavy atom. The molecule has 0 unspecified atom stereocenters. The van der Waals surface area contributed by atoms with Gasteiger partial charge in [0.15, 0.2) is 30.9 Å². The average Bonchev–Trinajstić information content (AvgIpc) is 2.70. The molecule has 0 aromatic carbocycles. The Morgan fingerprint density at radius 1 is 0.750 bits per heavy atom. The molecule has 7 atom stereocenters. The van der Waals surface area contributed by atoms with Crippen LogP contribution in [0.4, 0.5) is 0 Å². The summed E-state index contributed by atoms with van der Waals surface area (Å²) in [6, 6.07) is 0. The number of hydrogen-bond acceptors (Lipinski definition) is 12. The topological polar surface area (TPSA) is 142 Å². The fourth-order valence-electron chi connectivity index (χ4n) is 3.48. The summed E-state index contributed by atoms with van der Waals surface area (Å²) in [6.07, 6.45) is -5.51. The fourth-order valence-corrected chi connectivity index (χ4v) is 3.48. The molecule has 12 nitrogen and oxygen atoms in total. The van der Waals surface area contributed by atoms with Crippen molar-refractivity contribution < 1.29 is 57.1 Å². The number of carbonyl (C=O) groups is 4. The first kappa shape index (κ1) is 26.0. The van der Waals surface area contributed by atoms with Gasteiger partial charge in [-0.05, 0) is 19.3 Å². The maximum Gasteiger partial charge on any atom is 0.303 e. The van der Waals surface area contributed by atoms with Crippen molar-refractivity contribution in [3.63, 3.8) is 0 Å². The van der Waals surface area contributed by atoms with E-state index in [1.54, 1.807) is 0 Å². The molecule has 0 aliphatic carbocycles. The van der Waals surface area contributed by atoms with Crippen molar-refractivity contribution in [3.05, 3.63) is 0 Å². The van der Waals surface area contributed by atoms with Crippen LogP contribution in [0, 0.1) is 0 Å². The van der Waals surface area contributed by atoms with Crippen molar-refractivity contribution in [1.82, 2.24) is 0 Å². The van der Waals surface area contributed by atoms with E-state index in [4.69, 9.17) is 37.9 Å². The van der Waals surface area contributed by atoms with Gasteiger partial charge in [-0.15, -0.1) is 0 Å². The number of esters is 4. The van der Waals surface area contributed by atoms with Crippen LogP contribution in [0.5, 0.6) is 0 Å². The average molecular weight is 462 g/mol. The molecule has 0 N–H and O–H groups in total. The normalized spacial score (nSPS) is 32.5. The van der Waals surface area contributed by atoms with Gasteiger partial charge in [-0.2, -0.15) is 0 Å². The number of methoxy groups -OCH3 is 1. The zero-order valence-electron chi connectivity index (χ0n) is 18.8. The van der Waals surface area contributed by atoms with Gasteiger partial charge in [0, 0.05) is 34.8 Å². The van der Waals surface area contributed by atoms with Crippen molar-refractivity contribution in [2.75, 3.05) is 13.7 Å². The molecule has 0 aromatic heterocycles. The molecule has 2 aliphatic rings. The number of carbonyl (C=O) groups excluding carboxylic acids is 4. The Kier molecular flexibility index (Phi) is 9.82. The van der Waals surface area contributed by atoms with E-state index in [9.17, 15) is 19.2 Å². The summed E-state index contributed by atoms with van der Waals surface area (Å²) >= 11 is 0. The molecule has 2 heterocycles. The number of hydrogen-bond donors (Lipinski definition) is 0. The second-order valence-corrected chi connectivity index (χ2v) is 7.37. The zero-order valence-corrected chi connectivity index (χ0v) is 18.8. The van der Waals surface area contributed by atoms with E-state index >= 15 is 0 Å². The Hall–Kier alpha value is -2.28. The van der Waals surface area contributed by atoms with Crippen molar-refractivity contribution >= 4 is 23.9 Å². The van der Waals surface area contributed by atoms with E-state index in [1.165, 1.54) is 14.0 Å². The summed E-state index contributed by atoms with van der Waals surface area (Å²) in [5.74, 6) is -2.73. The Labute approximate surface area is 185 Å². The molecule has 2 aliphatic heterocycles. The van der Waals surface area contributed by atoms with Crippen LogP contribution in [0.25, 0.3) is 0 Å². The lowest BCUT2D eigenvalue weighted by Gasteiger charge is -2.45. The molecule has 0 radical (unpaired) electrons. The van der Waals surface area contributed by atoms with Gasteiger partial charge in [-0.3, -0.25) is 19.2 Å². The Bertz CT molecular complexity index is 679. The van der Waals surface area contributed by atoms with E-state index < -0.39 is 67.2 Å². The molecule has 0 amide bonds. The summed E-state index contributed by atoms with van der Waals surface area (Å²) < 4.78 is 43.7. The minimum Gasteiger partial charge on any atom is -0.463 e. The zero-order chi connectivity index (χ0) is 23.8. The third-order valence-electron chi connectivity index (χ3n) is 4.68. The lowest BCUT2D eigenvalue weighted by Crippen LogP contribution is -2.63. The van der Waals surface area contributed by atoms with Crippen LogP contribution in [0.2, 0.25) is 0 Å². The molecule has 0 bridgehead atoms. The van der Waals surface area contributed by atoms with Crippen molar-refractivity contribution in [3.8, 4) is 0 Å². The second-order valence-electron chi connectivity index (χ2n) is 7.37. The van der Waals surface area contributed by atoms with Gasteiger partial charge >= 0.3 is 23.9 Å². The maximum atomic E-state index is 11.8. The highest BCUT2D eigenvalue weighted by molar-refractivity contribution is 5.68. The van der Waals surface area contributed by atoms with Crippen LogP contribution >= 0.6 is 0 Å². The standard InChI is InChI=1S/C20H30O12/c1-10(21)26-9-14-17(27-11(2)22)18(28-12(3)23)19(29-13(4)24)20(30-14)32-16-8-6-7-15(25-5)31-16/h14-20H,6-9H2,1-5H3/t14-,15-,16+,17-,18+,19-,20+/m1/s1. The minimum atomic E-state index is -1.29. The Morgan fingerprint density at radius 2 is 1.31 bits per heavy atom. The Balaban J connectivity index is 2.34. The van der Waals surface area contributed by atoms with Gasteiger partial charge in [0.25, 0.3) is 0 Å². The van der Waals surface area contributed by atoms with Gasteiger partial charge < -0.3 is 37.9 Å². The number of rotatable bonds is 8. The predicted molar refractivity (Wildman–Crippen MR) is 103 cm³/mol. The molecule has 2 saturated heterocycles. The van der Waals surface area contributed by atoms with E-state index in [0.29, 0.717) is 12.8 Å². The first-order chi connectivity index (χ1) is 15.1. The van der Waals surface area contributed by atoms with E-state index in [2.05, 4.69) is 0 Å². The largest absolute Gasteiger partial charge is 0.463 e. The van der Waals surface area contributed by atoms with Gasteiger partial charge in [0.2, 0.25) is 6.29 Å². The molecule has 182 valence electrons. The smallest absolute Gasteiger partial charge is 0.303 e. The second kappa shape index (κ2) is 12.1. The first-order valence-corrected chi connectivity index (χ1v) is 10.2. The van der Waals surface area contributed by atoms with E-state index in [0.717, 1.165) is 27.2 Å². The maximum absolute atomic E-state index is 11.8. The monoisotopic (exact) mass is 462 g/mol. The molecule has 0 spiro atoms. The highest BCUT2D eigenvalue weighted by Gasteiger charge is 2.53. The summed E-state index contributed by atoms with van der Waals surface area (Å²) in [5, 5.41) is 0. The summed E-state index contributed by atoms with van der Waals surface area (Å²) in [5.41, 5.74) is 0. The van der Waals surface area contributed by atoms with Gasteiger partial charge in [0.1, 0.15) is 12.7 Å². The van der Waals surface area contributed by atoms with E-state index in [1.807, 2.05) is 0 Å². The number of ether oxygens (including phenoxy) is 8. The van der Waals surface area contributed by atoms with Crippen LogP contribution in [-0.4, -0.2) is 80.9 Å². The van der Waals surface area contributed by atoms with Crippen LogP contribution < -0.4 is 0 Å². The van der Waals surface area contributed by atoms with Gasteiger partial charge in [0.05, 0.1) is 0 Å². The fraction of sp³-hybridized carbons (Fsp3) is 0.800. The lowest BCUT2D eigenvalue weighted by molar-refractivity contribution is -0.360. The minimum absolute atomic E-state index is 0.329. The molecular formula is C20H30O12. The summed E-state index contributed by atoms with van der Waals surface area (Å²) in [7, 11) is 1.50. The van der Waals surface area contributed by atoms with Crippen molar-refractivity contribution in [1.29, 1.82) is 0 Å². The summed E-state index contributed by atoms with van der Waals surface area (Å²) in [4.78, 5) is 46.7. The van der Waals surface area contributed by atoms with Gasteiger partial charge in [-0.1, -0.05) is 0 Å². The van der Waals surface area contributed by atoms with Gasteiger partial charge in [-0.25, -0.2) is 0 Å². The third-order valence-corrected chi connectivity index (χ3v) is 4.68. The molecule has 2 fully saturated rings. The molecular weight excluding hydrogens is 432 g/mol. The first-order valence-electron chi connectivity index (χ1n) is 10.2. The summed E-state index contributed by atoms with van der Waals surface area (Å²) in [6.45, 7) is 4.33. The SMILES string of the molecule is CO[C@H]1CCC[C@H](O[C@@H]2O[C@H](COC(C)=O)[C@@H](OC(C)=O)[C@H](OC(C)=O)[C@H]2OC(C)=O)O1. The predicted octanol–water partition coefficient (Wildman–Crippen LogP) is 0.585. The van der Waals surface area contributed by atoms with Crippen LogP contribution in [0.1, 0.15) is 47.0 Å². The highest BCUT2D eigenvalue weighted by atomic mass is 16.8. The molecule has 0 aromatic rings. The van der Waals surface area contributed by atoms with Crippen molar-refractivity contribution in [2.24, 2.45) is 0 Å². The van der Waals surface area contributed by atoms with Crippen LogP contribution in [0.15, 0.2) is 0 Å². The molecule has 2 rings (SSSR count). The molecule has 12 heteroatoms. The van der Waals surface area contributed by atoms with Crippen LogP contribution in [-0.2, 0) is 57.1 Å². The quantitative estimate of drug-likeness (QED) is 0.368. The highest BCUT2D eigenvalue weighted by Crippen LogP contribution is 2.32. The van der Waals surface area contributed by atoms with E-state index in [-0.39, 0.29) is 6.61 Å². The van der Waals surface area contributed by atoms with Crippen molar-refractivity contribution in [2.45, 2.75) is 90.2 Å². The molecule has 0 saturated carbocycles.